The molecule has 1 aromatic carbocycles. The molecular formula is C14H19FN2. The van der Waals surface area contributed by atoms with Crippen LogP contribution in [0.2, 0.25) is 0 Å². The lowest BCUT2D eigenvalue weighted by molar-refractivity contribution is 0.106. The van der Waals surface area contributed by atoms with Gasteiger partial charge in [0.25, 0.3) is 0 Å². The van der Waals surface area contributed by atoms with Gasteiger partial charge < -0.3 is 10.6 Å². The van der Waals surface area contributed by atoms with E-state index in [2.05, 4.69) is 11.9 Å². The van der Waals surface area contributed by atoms with Crippen molar-refractivity contribution in [2.45, 2.75) is 25.3 Å². The van der Waals surface area contributed by atoms with Gasteiger partial charge in [0.1, 0.15) is 5.82 Å². The molecule has 0 unspecified atom stereocenters. The first-order chi connectivity index (χ1) is 8.11. The van der Waals surface area contributed by atoms with Crippen LogP contribution < -0.4 is 5.73 Å². The Kier molecular flexibility index (Phi) is 2.49. The number of hydrogen-bond acceptors (Lipinski definition) is 2. The van der Waals surface area contributed by atoms with Crippen molar-refractivity contribution >= 4 is 0 Å². The highest BCUT2D eigenvalue weighted by atomic mass is 19.1. The van der Waals surface area contributed by atoms with Gasteiger partial charge in [-0.3, -0.25) is 0 Å². The molecule has 1 heterocycles. The summed E-state index contributed by atoms with van der Waals surface area (Å²) in [6.45, 7) is 2.20. The van der Waals surface area contributed by atoms with E-state index in [1.54, 1.807) is 6.07 Å². The Morgan fingerprint density at radius 2 is 2.06 bits per heavy atom. The quantitative estimate of drug-likeness (QED) is 0.745. The Hall–Kier alpha value is -0.930. The second-order valence-corrected chi connectivity index (χ2v) is 5.66. The molecule has 0 bridgehead atoms. The fourth-order valence-corrected chi connectivity index (χ4v) is 3.40. The van der Waals surface area contributed by atoms with Crippen molar-refractivity contribution in [2.75, 3.05) is 20.1 Å². The van der Waals surface area contributed by atoms with E-state index in [0.717, 1.165) is 43.5 Å². The van der Waals surface area contributed by atoms with Gasteiger partial charge in [0.15, 0.2) is 0 Å². The summed E-state index contributed by atoms with van der Waals surface area (Å²) in [5.74, 6) is -0.138. The van der Waals surface area contributed by atoms with E-state index in [-0.39, 0.29) is 17.3 Å². The van der Waals surface area contributed by atoms with Crippen molar-refractivity contribution in [1.82, 2.24) is 4.90 Å². The zero-order chi connectivity index (χ0) is 12.0. The summed E-state index contributed by atoms with van der Waals surface area (Å²) in [6.07, 6.45) is 3.21. The Morgan fingerprint density at radius 1 is 1.35 bits per heavy atom. The van der Waals surface area contributed by atoms with Gasteiger partial charge >= 0.3 is 0 Å². The van der Waals surface area contributed by atoms with Gasteiger partial charge in [-0.15, -0.1) is 0 Å². The number of nitrogens with zero attached hydrogens (tertiary/aromatic N) is 1. The molecule has 0 saturated carbocycles. The number of rotatable bonds is 0. The molecule has 1 aromatic rings. The molecule has 1 aliphatic heterocycles. The topological polar surface area (TPSA) is 29.3 Å². The summed E-state index contributed by atoms with van der Waals surface area (Å²) in [5, 5.41) is 0. The van der Waals surface area contributed by atoms with Crippen molar-refractivity contribution in [2.24, 2.45) is 11.1 Å². The maximum atomic E-state index is 13.3. The van der Waals surface area contributed by atoms with Crippen LogP contribution in [0.25, 0.3) is 0 Å². The van der Waals surface area contributed by atoms with Crippen molar-refractivity contribution in [3.8, 4) is 0 Å². The molecule has 17 heavy (non-hydrogen) atoms. The third-order valence-corrected chi connectivity index (χ3v) is 4.63. The smallest absolute Gasteiger partial charge is 0.123 e. The van der Waals surface area contributed by atoms with Crippen molar-refractivity contribution in [1.29, 1.82) is 0 Å². The second-order valence-electron chi connectivity index (χ2n) is 5.66. The van der Waals surface area contributed by atoms with Gasteiger partial charge in [0.2, 0.25) is 0 Å². The molecule has 1 saturated heterocycles. The first-order valence-electron chi connectivity index (χ1n) is 6.33. The van der Waals surface area contributed by atoms with Gasteiger partial charge in [-0.1, -0.05) is 6.07 Å². The van der Waals surface area contributed by atoms with Crippen LogP contribution in [0.4, 0.5) is 4.39 Å². The molecule has 1 atom stereocenters. The summed E-state index contributed by atoms with van der Waals surface area (Å²) in [5.41, 5.74) is 8.88. The number of likely N-dealkylation sites (tertiary alicyclic amines) is 1. The summed E-state index contributed by atoms with van der Waals surface area (Å²) in [7, 11) is 2.15. The summed E-state index contributed by atoms with van der Waals surface area (Å²) >= 11 is 0. The van der Waals surface area contributed by atoms with Gasteiger partial charge in [0.05, 0.1) is 0 Å². The Balaban J connectivity index is 1.92. The zero-order valence-electron chi connectivity index (χ0n) is 10.2. The van der Waals surface area contributed by atoms with Gasteiger partial charge in [-0.25, -0.2) is 4.39 Å². The average Bonchev–Trinajstić information content (AvgIpc) is 2.57. The summed E-state index contributed by atoms with van der Waals surface area (Å²) in [4.78, 5) is 2.35. The van der Waals surface area contributed by atoms with Crippen molar-refractivity contribution in [3.63, 3.8) is 0 Å². The van der Waals surface area contributed by atoms with E-state index in [4.69, 9.17) is 5.73 Å². The van der Waals surface area contributed by atoms with E-state index in [9.17, 15) is 4.39 Å². The molecule has 0 aromatic heterocycles. The minimum absolute atomic E-state index is 0.0896. The van der Waals surface area contributed by atoms with Gasteiger partial charge in [-0.05, 0) is 68.1 Å². The fraction of sp³-hybridized carbons (Fsp3) is 0.571. The lowest BCUT2D eigenvalue weighted by Gasteiger charge is -2.41. The first-order valence-corrected chi connectivity index (χ1v) is 6.33. The number of fused-ring (bicyclic) bond motifs is 1. The molecule has 3 rings (SSSR count). The molecule has 3 heteroatoms. The molecule has 2 N–H and O–H groups in total. The molecular weight excluding hydrogens is 215 g/mol. The molecule has 2 nitrogen and oxygen atoms in total. The fourth-order valence-electron chi connectivity index (χ4n) is 3.40. The standard InChI is InChI=1S/C14H19FN2/c1-17-6-4-14(5-7-17)9-10-8-11(15)2-3-12(10)13(14)16/h2-3,8,13H,4-7,9,16H2,1H3/t13-/m1/s1. The SMILES string of the molecule is CN1CCC2(CC1)Cc1cc(F)ccc1[C@H]2N. The highest BCUT2D eigenvalue weighted by Crippen LogP contribution is 2.50. The maximum absolute atomic E-state index is 13.3. The largest absolute Gasteiger partial charge is 0.323 e. The number of halogens is 1. The third-order valence-electron chi connectivity index (χ3n) is 4.63. The predicted molar refractivity (Wildman–Crippen MR) is 66.2 cm³/mol. The molecule has 0 amide bonds. The summed E-state index contributed by atoms with van der Waals surface area (Å²) < 4.78 is 13.3. The average molecular weight is 234 g/mol. The van der Waals surface area contributed by atoms with E-state index < -0.39 is 0 Å². The zero-order valence-corrected chi connectivity index (χ0v) is 10.2. The van der Waals surface area contributed by atoms with E-state index >= 15 is 0 Å². The normalized spacial score (nSPS) is 27.4. The van der Waals surface area contributed by atoms with Crippen molar-refractivity contribution < 1.29 is 4.39 Å². The van der Waals surface area contributed by atoms with Crippen LogP contribution >= 0.6 is 0 Å². The Labute approximate surface area is 102 Å². The van der Waals surface area contributed by atoms with Crippen LogP contribution in [-0.2, 0) is 6.42 Å². The predicted octanol–water partition coefficient (Wildman–Crippen LogP) is 2.09. The number of benzene rings is 1. The first kappa shape index (κ1) is 11.2. The molecule has 92 valence electrons. The number of piperidine rings is 1. The number of nitrogens with two attached hydrogens (primary N) is 1. The highest BCUT2D eigenvalue weighted by Gasteiger charge is 2.45. The van der Waals surface area contributed by atoms with Gasteiger partial charge in [0, 0.05) is 6.04 Å². The lowest BCUT2D eigenvalue weighted by atomic mass is 9.73. The van der Waals surface area contributed by atoms with E-state index in [1.807, 2.05) is 6.07 Å². The third kappa shape index (κ3) is 1.69. The molecule has 1 fully saturated rings. The van der Waals surface area contributed by atoms with E-state index in [1.165, 1.54) is 6.07 Å². The molecule has 0 radical (unpaired) electrons. The van der Waals surface area contributed by atoms with E-state index in [0.29, 0.717) is 0 Å². The maximum Gasteiger partial charge on any atom is 0.123 e. The molecule has 1 aliphatic carbocycles. The second kappa shape index (κ2) is 3.79. The Morgan fingerprint density at radius 3 is 2.76 bits per heavy atom. The Bertz CT molecular complexity index is 436. The minimum atomic E-state index is -0.138. The molecule has 2 aliphatic rings. The van der Waals surface area contributed by atoms with Crippen LogP contribution in [0.1, 0.15) is 30.0 Å². The molecule has 1 spiro atoms. The number of hydrogen-bond donors (Lipinski definition) is 1. The van der Waals surface area contributed by atoms with Crippen LogP contribution in [0, 0.1) is 11.2 Å². The lowest BCUT2D eigenvalue weighted by Crippen LogP contribution is -2.42. The van der Waals surface area contributed by atoms with Crippen LogP contribution in [0.3, 0.4) is 0 Å². The minimum Gasteiger partial charge on any atom is -0.323 e. The highest BCUT2D eigenvalue weighted by molar-refractivity contribution is 5.38. The van der Waals surface area contributed by atoms with Gasteiger partial charge in [-0.2, -0.15) is 0 Å². The van der Waals surface area contributed by atoms with Crippen LogP contribution in [-0.4, -0.2) is 25.0 Å². The summed E-state index contributed by atoms with van der Waals surface area (Å²) in [6, 6.07) is 5.17. The monoisotopic (exact) mass is 234 g/mol. The van der Waals surface area contributed by atoms with Crippen LogP contribution in [0.15, 0.2) is 18.2 Å². The van der Waals surface area contributed by atoms with Crippen molar-refractivity contribution in [3.05, 3.63) is 35.1 Å². The van der Waals surface area contributed by atoms with Crippen LogP contribution in [0.5, 0.6) is 0 Å².